The number of benzene rings is 1. The van der Waals surface area contributed by atoms with Crippen molar-refractivity contribution in [2.45, 2.75) is 6.92 Å². The van der Waals surface area contributed by atoms with Crippen LogP contribution in [0.5, 0.6) is 0 Å². The van der Waals surface area contributed by atoms with Crippen molar-refractivity contribution in [1.82, 2.24) is 0 Å². The first-order valence-corrected chi connectivity index (χ1v) is 6.38. The molecular weight excluding hydrogens is 250 g/mol. The van der Waals surface area contributed by atoms with E-state index in [1.165, 1.54) is 5.56 Å². The maximum absolute atomic E-state index is 9.20. The summed E-state index contributed by atoms with van der Waals surface area (Å²) in [5, 5.41) is 11.9. The molecule has 17 heavy (non-hydrogen) atoms. The zero-order valence-corrected chi connectivity index (χ0v) is 10.8. The summed E-state index contributed by atoms with van der Waals surface area (Å²) in [7, 11) is 0. The van der Waals surface area contributed by atoms with Gasteiger partial charge in [-0.05, 0) is 47.7 Å². The van der Waals surface area contributed by atoms with Crippen LogP contribution in [0, 0.1) is 18.3 Å². The van der Waals surface area contributed by atoms with Crippen LogP contribution in [0.3, 0.4) is 0 Å². The van der Waals surface area contributed by atoms with E-state index in [4.69, 9.17) is 11.6 Å². The molecule has 1 aromatic heterocycles. The van der Waals surface area contributed by atoms with Crippen LogP contribution < -0.4 is 0 Å². The van der Waals surface area contributed by atoms with E-state index in [1.807, 2.05) is 36.6 Å². The molecule has 3 heteroatoms. The number of hydrogen-bond acceptors (Lipinski definition) is 2. The minimum atomic E-state index is 0.637. The number of rotatable bonds is 2. The second-order valence-corrected chi connectivity index (χ2v) is 5.03. The minimum absolute atomic E-state index is 0.637. The van der Waals surface area contributed by atoms with Crippen molar-refractivity contribution in [3.63, 3.8) is 0 Å². The van der Waals surface area contributed by atoms with Crippen LogP contribution >= 0.6 is 22.9 Å². The Labute approximate surface area is 110 Å². The molecule has 0 radical (unpaired) electrons. The summed E-state index contributed by atoms with van der Waals surface area (Å²) < 4.78 is 0. The Hall–Kier alpha value is -1.56. The van der Waals surface area contributed by atoms with Gasteiger partial charge in [0.2, 0.25) is 0 Å². The monoisotopic (exact) mass is 259 g/mol. The van der Waals surface area contributed by atoms with Crippen LogP contribution in [0.15, 0.2) is 35.7 Å². The van der Waals surface area contributed by atoms with E-state index < -0.39 is 0 Å². The average molecular weight is 260 g/mol. The van der Waals surface area contributed by atoms with E-state index in [9.17, 15) is 5.26 Å². The fourth-order valence-electron chi connectivity index (χ4n) is 1.50. The molecular formula is C14H10ClNS. The van der Waals surface area contributed by atoms with Gasteiger partial charge in [-0.25, -0.2) is 0 Å². The molecule has 1 nitrogen and oxygen atoms in total. The van der Waals surface area contributed by atoms with Crippen molar-refractivity contribution >= 4 is 34.6 Å². The van der Waals surface area contributed by atoms with Crippen LogP contribution in [-0.4, -0.2) is 0 Å². The second kappa shape index (κ2) is 5.18. The summed E-state index contributed by atoms with van der Waals surface area (Å²) >= 11 is 7.56. The summed E-state index contributed by atoms with van der Waals surface area (Å²) in [6.07, 6.45) is 1.91. The topological polar surface area (TPSA) is 23.8 Å². The largest absolute Gasteiger partial charge is 0.192 e. The number of halogens is 1. The third-order valence-electron chi connectivity index (χ3n) is 2.43. The summed E-state index contributed by atoms with van der Waals surface area (Å²) in [6.45, 7) is 2.04. The SMILES string of the molecule is Cc1ccsc1/C=C(\C#N)c1cccc(Cl)c1. The molecule has 0 N–H and O–H groups in total. The van der Waals surface area contributed by atoms with Gasteiger partial charge in [-0.2, -0.15) is 5.26 Å². The fourth-order valence-corrected chi connectivity index (χ4v) is 2.55. The lowest BCUT2D eigenvalue weighted by molar-refractivity contribution is 1.51. The van der Waals surface area contributed by atoms with Gasteiger partial charge in [0.25, 0.3) is 0 Å². The molecule has 0 aliphatic rings. The van der Waals surface area contributed by atoms with Crippen LogP contribution in [0.1, 0.15) is 16.0 Å². The van der Waals surface area contributed by atoms with Gasteiger partial charge in [0.1, 0.15) is 0 Å². The predicted molar refractivity (Wildman–Crippen MR) is 74.0 cm³/mol. The van der Waals surface area contributed by atoms with Crippen molar-refractivity contribution in [3.8, 4) is 6.07 Å². The molecule has 2 rings (SSSR count). The lowest BCUT2D eigenvalue weighted by Gasteiger charge is -1.99. The quantitative estimate of drug-likeness (QED) is 0.713. The number of aryl methyl sites for hydroxylation is 1. The Balaban J connectivity index is 2.45. The zero-order chi connectivity index (χ0) is 12.3. The highest BCUT2D eigenvalue weighted by molar-refractivity contribution is 7.11. The zero-order valence-electron chi connectivity index (χ0n) is 9.27. The average Bonchev–Trinajstić information content (AvgIpc) is 2.71. The molecule has 84 valence electrons. The van der Waals surface area contributed by atoms with Crippen LogP contribution in [0.2, 0.25) is 5.02 Å². The highest BCUT2D eigenvalue weighted by Crippen LogP contribution is 2.24. The third-order valence-corrected chi connectivity index (χ3v) is 3.63. The summed E-state index contributed by atoms with van der Waals surface area (Å²) in [4.78, 5) is 1.11. The number of hydrogen-bond donors (Lipinski definition) is 0. The molecule has 0 saturated heterocycles. The normalized spacial score (nSPS) is 11.2. The second-order valence-electron chi connectivity index (χ2n) is 3.65. The summed E-state index contributed by atoms with van der Waals surface area (Å²) in [6, 6.07) is 11.6. The van der Waals surface area contributed by atoms with Crippen molar-refractivity contribution in [3.05, 3.63) is 56.7 Å². The lowest BCUT2D eigenvalue weighted by Crippen LogP contribution is -1.81. The van der Waals surface area contributed by atoms with Gasteiger partial charge in [0.15, 0.2) is 0 Å². The number of nitriles is 1. The summed E-state index contributed by atoms with van der Waals surface area (Å²) in [5.74, 6) is 0. The maximum atomic E-state index is 9.20. The van der Waals surface area contributed by atoms with Crippen molar-refractivity contribution in [1.29, 1.82) is 5.26 Å². The van der Waals surface area contributed by atoms with E-state index >= 15 is 0 Å². The third kappa shape index (κ3) is 2.76. The van der Waals surface area contributed by atoms with Crippen LogP contribution in [0.25, 0.3) is 11.6 Å². The molecule has 1 heterocycles. The van der Waals surface area contributed by atoms with Crippen molar-refractivity contribution in [2.24, 2.45) is 0 Å². The lowest BCUT2D eigenvalue weighted by atomic mass is 10.1. The molecule has 0 spiro atoms. The Morgan fingerprint density at radius 3 is 2.82 bits per heavy atom. The smallest absolute Gasteiger partial charge is 0.0998 e. The molecule has 1 aromatic carbocycles. The van der Waals surface area contributed by atoms with Crippen molar-refractivity contribution in [2.75, 3.05) is 0 Å². The predicted octanol–water partition coefficient (Wildman–Crippen LogP) is 4.77. The summed E-state index contributed by atoms with van der Waals surface area (Å²) in [5.41, 5.74) is 2.68. The fraction of sp³-hybridized carbons (Fsp3) is 0.0714. The van der Waals surface area contributed by atoms with E-state index in [2.05, 4.69) is 6.07 Å². The molecule has 0 bridgehead atoms. The van der Waals surface area contributed by atoms with E-state index in [0.29, 0.717) is 10.6 Å². The Bertz CT molecular complexity index is 605. The first kappa shape index (κ1) is 11.9. The van der Waals surface area contributed by atoms with Gasteiger partial charge < -0.3 is 0 Å². The molecule has 0 unspecified atom stereocenters. The number of nitrogens with zero attached hydrogens (tertiary/aromatic N) is 1. The van der Waals surface area contributed by atoms with Gasteiger partial charge in [-0.15, -0.1) is 11.3 Å². The van der Waals surface area contributed by atoms with Gasteiger partial charge in [0, 0.05) is 9.90 Å². The number of allylic oxidation sites excluding steroid dienone is 1. The van der Waals surface area contributed by atoms with E-state index in [1.54, 1.807) is 23.5 Å². The highest BCUT2D eigenvalue weighted by atomic mass is 35.5. The minimum Gasteiger partial charge on any atom is -0.192 e. The van der Waals surface area contributed by atoms with E-state index in [0.717, 1.165) is 10.4 Å². The molecule has 2 aromatic rings. The van der Waals surface area contributed by atoms with Crippen LogP contribution in [0.4, 0.5) is 0 Å². The Morgan fingerprint density at radius 2 is 2.24 bits per heavy atom. The van der Waals surface area contributed by atoms with Crippen molar-refractivity contribution < 1.29 is 0 Å². The first-order chi connectivity index (χ1) is 8.20. The van der Waals surface area contributed by atoms with E-state index in [-0.39, 0.29) is 0 Å². The van der Waals surface area contributed by atoms with Crippen LogP contribution in [-0.2, 0) is 0 Å². The Morgan fingerprint density at radius 1 is 1.41 bits per heavy atom. The highest BCUT2D eigenvalue weighted by Gasteiger charge is 2.03. The molecule has 0 amide bonds. The number of thiophene rings is 1. The molecule has 0 fully saturated rings. The van der Waals surface area contributed by atoms with Gasteiger partial charge in [-0.3, -0.25) is 0 Å². The maximum Gasteiger partial charge on any atom is 0.0998 e. The first-order valence-electron chi connectivity index (χ1n) is 5.12. The molecule has 0 aliphatic heterocycles. The van der Waals surface area contributed by atoms with Gasteiger partial charge in [-0.1, -0.05) is 23.7 Å². The molecule has 0 aliphatic carbocycles. The standard InChI is InChI=1S/C14H10ClNS/c1-10-5-6-17-14(10)8-12(9-16)11-3-2-4-13(15)7-11/h2-8H,1H3/b12-8+. The molecule has 0 atom stereocenters. The molecule has 0 saturated carbocycles. The Kier molecular flexibility index (Phi) is 3.63. The van der Waals surface area contributed by atoms with Gasteiger partial charge in [0.05, 0.1) is 11.6 Å². The van der Waals surface area contributed by atoms with Gasteiger partial charge >= 0.3 is 0 Å².